The Hall–Kier alpha value is -1.82. The Morgan fingerprint density at radius 3 is 3.11 bits per heavy atom. The van der Waals surface area contributed by atoms with E-state index in [-0.39, 0.29) is 11.9 Å². The molecule has 0 amide bonds. The van der Waals surface area contributed by atoms with E-state index in [1.807, 2.05) is 6.07 Å². The Balaban J connectivity index is 2.13. The Morgan fingerprint density at radius 2 is 2.44 bits per heavy atom. The summed E-state index contributed by atoms with van der Waals surface area (Å²) in [4.78, 5) is 6.53. The van der Waals surface area contributed by atoms with Gasteiger partial charge in [-0.25, -0.2) is 4.98 Å². The highest BCUT2D eigenvalue weighted by atomic mass is 16.5. The lowest BCUT2D eigenvalue weighted by Crippen LogP contribution is -2.30. The van der Waals surface area contributed by atoms with Crippen molar-refractivity contribution in [3.8, 4) is 0 Å². The molecule has 98 valence electrons. The number of nitrogens with zero attached hydrogens (tertiary/aromatic N) is 3. The normalized spacial score (nSPS) is 21.7. The molecule has 1 atom stereocenters. The zero-order valence-electron chi connectivity index (χ0n) is 10.4. The van der Waals surface area contributed by atoms with Crippen LogP contribution in [0.5, 0.6) is 0 Å². The van der Waals surface area contributed by atoms with E-state index >= 15 is 0 Å². The molecule has 0 saturated carbocycles. The summed E-state index contributed by atoms with van der Waals surface area (Å²) in [5.74, 6) is 0.962. The van der Waals surface area contributed by atoms with Gasteiger partial charge >= 0.3 is 0 Å². The maximum absolute atomic E-state index is 8.59. The van der Waals surface area contributed by atoms with Crippen molar-refractivity contribution in [3.63, 3.8) is 0 Å². The van der Waals surface area contributed by atoms with E-state index in [2.05, 4.69) is 22.0 Å². The second-order valence-electron chi connectivity index (χ2n) is 4.37. The van der Waals surface area contributed by atoms with Gasteiger partial charge in [0, 0.05) is 31.5 Å². The van der Waals surface area contributed by atoms with Crippen LogP contribution in [-0.2, 0) is 4.74 Å². The van der Waals surface area contributed by atoms with Gasteiger partial charge in [-0.15, -0.1) is 0 Å². The minimum atomic E-state index is 0.0709. The molecule has 2 rings (SSSR count). The molecule has 3 N–H and O–H groups in total. The molecule has 6 nitrogen and oxygen atoms in total. The smallest absolute Gasteiger partial charge is 0.171 e. The molecule has 2 heterocycles. The van der Waals surface area contributed by atoms with E-state index in [0.717, 1.165) is 31.9 Å². The molecule has 0 aliphatic carbocycles. The van der Waals surface area contributed by atoms with Crippen LogP contribution in [-0.4, -0.2) is 41.8 Å². The SMILES string of the molecule is CC1CN(c2ccc(/C(N)=N/O)cn2)CCCO1. The average molecular weight is 250 g/mol. The number of anilines is 1. The molecule has 18 heavy (non-hydrogen) atoms. The summed E-state index contributed by atoms with van der Waals surface area (Å²) in [6.45, 7) is 4.61. The van der Waals surface area contributed by atoms with E-state index < -0.39 is 0 Å². The van der Waals surface area contributed by atoms with Crippen LogP contribution in [0.4, 0.5) is 5.82 Å². The average Bonchev–Trinajstić information content (AvgIpc) is 2.63. The van der Waals surface area contributed by atoms with Crippen LogP contribution in [0.3, 0.4) is 0 Å². The van der Waals surface area contributed by atoms with Crippen LogP contribution < -0.4 is 10.6 Å². The number of amidine groups is 1. The quantitative estimate of drug-likeness (QED) is 0.351. The van der Waals surface area contributed by atoms with E-state index in [0.29, 0.717) is 5.56 Å². The fourth-order valence-corrected chi connectivity index (χ4v) is 1.98. The van der Waals surface area contributed by atoms with Crippen LogP contribution in [0.1, 0.15) is 18.9 Å². The summed E-state index contributed by atoms with van der Waals surface area (Å²) >= 11 is 0. The van der Waals surface area contributed by atoms with Crippen molar-refractivity contribution in [1.82, 2.24) is 4.98 Å². The van der Waals surface area contributed by atoms with Gasteiger partial charge in [0.05, 0.1) is 6.10 Å². The number of nitrogens with two attached hydrogens (primary N) is 1. The lowest BCUT2D eigenvalue weighted by Gasteiger charge is -2.23. The second-order valence-corrected chi connectivity index (χ2v) is 4.37. The summed E-state index contributed by atoms with van der Waals surface area (Å²) in [6.07, 6.45) is 2.81. The Labute approximate surface area is 106 Å². The Kier molecular flexibility index (Phi) is 3.99. The van der Waals surface area contributed by atoms with Gasteiger partial charge in [-0.2, -0.15) is 0 Å². The number of ether oxygens (including phenoxy) is 1. The van der Waals surface area contributed by atoms with Gasteiger partial charge in [0.25, 0.3) is 0 Å². The van der Waals surface area contributed by atoms with Crippen LogP contribution in [0, 0.1) is 0 Å². The first-order valence-electron chi connectivity index (χ1n) is 6.01. The molecule has 0 radical (unpaired) electrons. The van der Waals surface area contributed by atoms with Crippen molar-refractivity contribution in [2.75, 3.05) is 24.6 Å². The monoisotopic (exact) mass is 250 g/mol. The number of oxime groups is 1. The molecule has 1 fully saturated rings. The van der Waals surface area contributed by atoms with Gasteiger partial charge in [0.1, 0.15) is 5.82 Å². The minimum Gasteiger partial charge on any atom is -0.409 e. The van der Waals surface area contributed by atoms with Crippen LogP contribution >= 0.6 is 0 Å². The Morgan fingerprint density at radius 1 is 1.61 bits per heavy atom. The van der Waals surface area contributed by atoms with Crippen LogP contribution in [0.25, 0.3) is 0 Å². The number of hydrogen-bond donors (Lipinski definition) is 2. The molecular weight excluding hydrogens is 232 g/mol. The molecule has 6 heteroatoms. The molecule has 0 spiro atoms. The molecule has 0 bridgehead atoms. The molecule has 1 unspecified atom stereocenters. The first-order valence-corrected chi connectivity index (χ1v) is 6.01. The van der Waals surface area contributed by atoms with E-state index in [1.165, 1.54) is 0 Å². The molecule has 0 aromatic carbocycles. The standard InChI is InChI=1S/C12H18N4O2/c1-9-8-16(5-2-6-18-9)11-4-3-10(7-14-11)12(13)15-17/h3-4,7,9,17H,2,5-6,8H2,1H3,(H2,13,15). The first-order chi connectivity index (χ1) is 8.70. The highest BCUT2D eigenvalue weighted by Gasteiger charge is 2.16. The summed E-state index contributed by atoms with van der Waals surface area (Å²) in [5, 5.41) is 11.5. The number of aromatic nitrogens is 1. The number of pyridine rings is 1. The zero-order chi connectivity index (χ0) is 13.0. The van der Waals surface area contributed by atoms with Gasteiger partial charge in [-0.05, 0) is 25.5 Å². The molecular formula is C12H18N4O2. The third-order valence-corrected chi connectivity index (χ3v) is 2.93. The third kappa shape index (κ3) is 2.89. The third-order valence-electron chi connectivity index (χ3n) is 2.93. The van der Waals surface area contributed by atoms with E-state index in [1.54, 1.807) is 12.3 Å². The minimum absolute atomic E-state index is 0.0709. The van der Waals surface area contributed by atoms with Gasteiger partial charge in [0.2, 0.25) is 0 Å². The first kappa shape index (κ1) is 12.6. The summed E-state index contributed by atoms with van der Waals surface area (Å²) in [5.41, 5.74) is 6.11. The molecule has 1 saturated heterocycles. The maximum Gasteiger partial charge on any atom is 0.171 e. The van der Waals surface area contributed by atoms with Crippen LogP contribution in [0.15, 0.2) is 23.5 Å². The summed E-state index contributed by atoms with van der Waals surface area (Å²) in [7, 11) is 0. The van der Waals surface area contributed by atoms with Crippen molar-refractivity contribution in [2.24, 2.45) is 10.9 Å². The molecule has 1 aromatic heterocycles. The highest BCUT2D eigenvalue weighted by molar-refractivity contribution is 5.96. The fraction of sp³-hybridized carbons (Fsp3) is 0.500. The van der Waals surface area contributed by atoms with Crippen molar-refractivity contribution in [1.29, 1.82) is 0 Å². The predicted octanol–water partition coefficient (Wildman–Crippen LogP) is 0.791. The summed E-state index contributed by atoms with van der Waals surface area (Å²) < 4.78 is 5.59. The van der Waals surface area contributed by atoms with E-state index in [4.69, 9.17) is 15.7 Å². The largest absolute Gasteiger partial charge is 0.409 e. The number of rotatable bonds is 2. The molecule has 1 aliphatic rings. The molecule has 1 aromatic rings. The lowest BCUT2D eigenvalue weighted by molar-refractivity contribution is 0.0820. The van der Waals surface area contributed by atoms with Crippen molar-refractivity contribution >= 4 is 11.7 Å². The Bertz CT molecular complexity index is 419. The summed E-state index contributed by atoms with van der Waals surface area (Å²) in [6, 6.07) is 3.68. The van der Waals surface area contributed by atoms with Gasteiger partial charge < -0.3 is 20.6 Å². The van der Waals surface area contributed by atoms with Gasteiger partial charge in [0.15, 0.2) is 5.84 Å². The van der Waals surface area contributed by atoms with Gasteiger partial charge in [-0.1, -0.05) is 5.16 Å². The van der Waals surface area contributed by atoms with E-state index in [9.17, 15) is 0 Å². The van der Waals surface area contributed by atoms with Gasteiger partial charge in [-0.3, -0.25) is 0 Å². The highest BCUT2D eigenvalue weighted by Crippen LogP contribution is 2.15. The lowest BCUT2D eigenvalue weighted by atomic mass is 10.2. The zero-order valence-corrected chi connectivity index (χ0v) is 10.4. The van der Waals surface area contributed by atoms with Crippen molar-refractivity contribution in [3.05, 3.63) is 23.9 Å². The molecule has 1 aliphatic heterocycles. The van der Waals surface area contributed by atoms with Crippen molar-refractivity contribution in [2.45, 2.75) is 19.4 Å². The van der Waals surface area contributed by atoms with Crippen molar-refractivity contribution < 1.29 is 9.94 Å². The van der Waals surface area contributed by atoms with Crippen LogP contribution in [0.2, 0.25) is 0 Å². The second kappa shape index (κ2) is 5.68. The topological polar surface area (TPSA) is 84.0 Å². The predicted molar refractivity (Wildman–Crippen MR) is 69.0 cm³/mol. The fourth-order valence-electron chi connectivity index (χ4n) is 1.98. The number of hydrogen-bond acceptors (Lipinski definition) is 5. The maximum atomic E-state index is 8.59.